The van der Waals surface area contributed by atoms with Gasteiger partial charge in [0.1, 0.15) is 84.4 Å². The molecule has 5 fully saturated rings. The van der Waals surface area contributed by atoms with Crippen LogP contribution in [0.15, 0.2) is 245 Å². The van der Waals surface area contributed by atoms with Crippen molar-refractivity contribution in [3.8, 4) is 57.5 Å². The Morgan fingerprint density at radius 1 is 0.357 bits per heavy atom. The van der Waals surface area contributed by atoms with Gasteiger partial charge in [-0.15, -0.1) is 0 Å². The Hall–Kier alpha value is -15.6. The van der Waals surface area contributed by atoms with Gasteiger partial charge in [-0.1, -0.05) is 96.5 Å². The fourth-order valence-electron chi connectivity index (χ4n) is 16.5. The van der Waals surface area contributed by atoms with E-state index in [0.717, 1.165) is 77.1 Å². The first-order valence-corrected chi connectivity index (χ1v) is 46.7. The summed E-state index contributed by atoms with van der Waals surface area (Å²) in [6, 6.07) is 46.1. The molecule has 5 aliphatic heterocycles. The molecule has 15 heterocycles. The van der Waals surface area contributed by atoms with E-state index in [-0.39, 0.29) is 59.7 Å². The number of rotatable bonds is 27. The summed E-state index contributed by atoms with van der Waals surface area (Å²) < 4.78 is 30.2. The lowest BCUT2D eigenvalue weighted by atomic mass is 10.2. The average Bonchev–Trinajstić information content (AvgIpc) is 1.63. The Bertz CT molecular complexity index is 6580. The molecule has 5 aromatic carbocycles. The number of benzene rings is 5. The number of hydrogen-bond donors (Lipinski definition) is 9. The zero-order valence-electron chi connectivity index (χ0n) is 77.0. The van der Waals surface area contributed by atoms with Gasteiger partial charge < -0.3 is 79.3 Å². The van der Waals surface area contributed by atoms with E-state index >= 15 is 0 Å². The van der Waals surface area contributed by atoms with Crippen molar-refractivity contribution in [1.29, 1.82) is 0 Å². The number of amides is 5. The van der Waals surface area contributed by atoms with E-state index in [9.17, 15) is 24.0 Å². The molecule has 0 aliphatic carbocycles. The first-order chi connectivity index (χ1) is 68.0. The molecule has 15 aromatic rings. The maximum absolute atomic E-state index is 12.4. The number of aryl methyl sites for hydroxylation is 1. The number of pyridine rings is 5. The summed E-state index contributed by atoms with van der Waals surface area (Å²) in [6.07, 6.45) is 21.5. The molecular formula is C100H102Cl4N26O10. The second kappa shape index (κ2) is 45.6. The zero-order chi connectivity index (χ0) is 97.9. The summed E-state index contributed by atoms with van der Waals surface area (Å²) in [4.78, 5) is 94.3. The predicted molar refractivity (Wildman–Crippen MR) is 543 cm³/mol. The maximum Gasteiger partial charge on any atom is 0.246 e. The Morgan fingerprint density at radius 2 is 0.614 bits per heavy atom. The number of nitrogens with zero attached hydrogens (tertiary/aromatic N) is 17. The van der Waals surface area contributed by atoms with Gasteiger partial charge in [-0.25, -0.2) is 24.9 Å². The largest absolute Gasteiger partial charge is 0.456 e. The van der Waals surface area contributed by atoms with Gasteiger partial charge in [-0.05, 0) is 187 Å². The lowest BCUT2D eigenvalue weighted by molar-refractivity contribution is -0.125. The molecule has 5 aliphatic rings. The van der Waals surface area contributed by atoms with Crippen LogP contribution in [0.25, 0.3) is 55.2 Å². The molecule has 5 amide bonds. The number of likely N-dealkylation sites (N-methyl/N-ethyl adjacent to an activating group) is 2. The van der Waals surface area contributed by atoms with E-state index in [0.29, 0.717) is 189 Å². The molecule has 0 saturated carbocycles. The third-order valence-corrected chi connectivity index (χ3v) is 24.7. The molecule has 40 heteroatoms. The molecule has 9 N–H and O–H groups in total. The highest BCUT2D eigenvalue weighted by atomic mass is 35.5. The van der Waals surface area contributed by atoms with Gasteiger partial charge in [0.15, 0.2) is 57.3 Å². The molecular weight excluding hydrogens is 1870 g/mol. The number of ether oxygens (including phenoxy) is 5. The Balaban J connectivity index is 0.000000126. The van der Waals surface area contributed by atoms with E-state index < -0.39 is 0 Å². The quantitative estimate of drug-likeness (QED) is 0.0216. The fourth-order valence-corrected chi connectivity index (χ4v) is 17.0. The minimum absolute atomic E-state index is 0.0338. The maximum atomic E-state index is 12.4. The highest BCUT2D eigenvalue weighted by molar-refractivity contribution is 6.31. The molecule has 20 rings (SSSR count). The zero-order valence-corrected chi connectivity index (χ0v) is 80.0. The van der Waals surface area contributed by atoms with Crippen molar-refractivity contribution in [2.24, 2.45) is 0 Å². The molecule has 5 saturated heterocycles. The number of likely N-dealkylation sites (tertiary alicyclic amines) is 5. The summed E-state index contributed by atoms with van der Waals surface area (Å²) >= 11 is 23.8. The second-order valence-electron chi connectivity index (χ2n) is 33.6. The van der Waals surface area contributed by atoms with Crippen LogP contribution in [-0.2, 0) is 24.0 Å². The molecule has 10 aromatic heterocycles. The lowest BCUT2D eigenvalue weighted by Crippen LogP contribution is -2.36. The first kappa shape index (κ1) is 97.5. The predicted octanol–water partition coefficient (Wildman–Crippen LogP) is 17.6. The van der Waals surface area contributed by atoms with Crippen molar-refractivity contribution in [2.45, 2.75) is 69.2 Å². The van der Waals surface area contributed by atoms with Crippen LogP contribution in [0.1, 0.15) is 37.7 Å². The average molecular weight is 1970 g/mol. The number of carbonyl (C=O) groups is 5. The minimum atomic E-state index is -0.0559. The first-order valence-electron chi connectivity index (χ1n) is 45.2. The molecule has 5 atom stereocenters. The lowest BCUT2D eigenvalue weighted by Gasteiger charge is -2.25. The van der Waals surface area contributed by atoms with Gasteiger partial charge in [0, 0.05) is 197 Å². The normalized spacial score (nSPS) is 16.5. The van der Waals surface area contributed by atoms with Gasteiger partial charge in [-0.2, -0.15) is 25.5 Å². The van der Waals surface area contributed by atoms with Crippen LogP contribution in [0, 0.1) is 6.92 Å². The number of nitrogens with one attached hydrogen (secondary N) is 9. The highest BCUT2D eigenvalue weighted by Crippen LogP contribution is 2.42. The van der Waals surface area contributed by atoms with Crippen molar-refractivity contribution < 1.29 is 47.7 Å². The number of carbonyl (C=O) groups excluding carboxylic acids is 5. The standard InChI is InChI=1S/C22H25ClN6O2.C20H20ClN5O2.C20H21N5O2.2C19H18ClN5O2/c1-28(2)12-3-4-19(30)29-13-10-16(14-29)25-22-20-18(9-11-24-21(20)26-27-22)31-17-7-5-15(23)6-8-17;1-3-17(27)26-11-9-14(12-26)25(2)20-18-16(8-10-22-19(18)23-24-20)28-15-6-4-13(21)5-7-15;1-3-17(26)25-11-9-14(12-25)22-20-18-16(8-10-21-19(18)23-24-20)27-15-6-4-13(2)5-7-15;2*1-2-16(26)25-10-8-13(11-25)22-19-17-15(7-9-21-18(17)23-24-19)27-14-5-3-12(20)4-6-14/h3-9,11,16H,10,12-14H2,1-2H3,(H2,24,25,26,27);3-8,10,14H,1,9,11-12H2,2H3,(H,22,23,24);3-8,10,14H,1,9,11-12H2,2H3,(H2,21,22,23,24);2*2-7,9,13H,1,8,10-11H2,(H2,21,22,23,24)/b4-3+;;;;/t16-;2*14-;2*13-/m11111/s1. The summed E-state index contributed by atoms with van der Waals surface area (Å²) in [6.45, 7) is 23.5. The summed E-state index contributed by atoms with van der Waals surface area (Å²) in [7, 11) is 5.92. The van der Waals surface area contributed by atoms with Gasteiger partial charge in [0.05, 0.1) is 0 Å². The smallest absolute Gasteiger partial charge is 0.246 e. The number of aromatic nitrogens is 15. The van der Waals surface area contributed by atoms with E-state index in [1.807, 2.05) is 105 Å². The van der Waals surface area contributed by atoms with Crippen molar-refractivity contribution in [1.82, 2.24) is 105 Å². The third-order valence-electron chi connectivity index (χ3n) is 23.7. The third kappa shape index (κ3) is 24.3. The van der Waals surface area contributed by atoms with Crippen molar-refractivity contribution in [3.05, 3.63) is 271 Å². The van der Waals surface area contributed by atoms with E-state index in [2.05, 4.69) is 128 Å². The minimum Gasteiger partial charge on any atom is -0.456 e. The van der Waals surface area contributed by atoms with Crippen LogP contribution in [0.5, 0.6) is 57.5 Å². The summed E-state index contributed by atoms with van der Waals surface area (Å²) in [5.41, 5.74) is 4.35. The Labute approximate surface area is 825 Å². The van der Waals surface area contributed by atoms with Crippen LogP contribution in [0.4, 0.5) is 29.1 Å². The van der Waals surface area contributed by atoms with Crippen molar-refractivity contribution >= 4 is 160 Å². The van der Waals surface area contributed by atoms with Crippen LogP contribution in [-0.4, -0.2) is 258 Å². The topological polar surface area (TPSA) is 410 Å². The number of H-pyrrole nitrogens is 5. The summed E-state index contributed by atoms with van der Waals surface area (Å²) in [5.74, 6) is 9.90. The highest BCUT2D eigenvalue weighted by Gasteiger charge is 2.34. The number of halogens is 4. The van der Waals surface area contributed by atoms with Crippen LogP contribution in [0.2, 0.25) is 20.1 Å². The van der Waals surface area contributed by atoms with Gasteiger partial charge in [0.25, 0.3) is 0 Å². The van der Waals surface area contributed by atoms with Crippen molar-refractivity contribution in [3.63, 3.8) is 0 Å². The van der Waals surface area contributed by atoms with Crippen LogP contribution < -0.4 is 49.9 Å². The number of fused-ring (bicyclic) bond motifs is 5. The monoisotopic (exact) mass is 1970 g/mol. The van der Waals surface area contributed by atoms with E-state index in [1.54, 1.807) is 148 Å². The number of hydrogen-bond acceptors (Lipinski definition) is 26. The number of aromatic amines is 5. The number of anilines is 5. The molecule has 0 bridgehead atoms. The van der Waals surface area contributed by atoms with E-state index in [1.165, 1.54) is 29.9 Å². The van der Waals surface area contributed by atoms with Crippen LogP contribution in [0.3, 0.4) is 0 Å². The second-order valence-corrected chi connectivity index (χ2v) is 35.4. The summed E-state index contributed by atoms with van der Waals surface area (Å²) in [5, 5.41) is 56.8. The molecule has 140 heavy (non-hydrogen) atoms. The van der Waals surface area contributed by atoms with E-state index in [4.69, 9.17) is 70.1 Å². The van der Waals surface area contributed by atoms with Crippen LogP contribution >= 0.6 is 46.4 Å². The molecule has 720 valence electrons. The van der Waals surface area contributed by atoms with Gasteiger partial charge in [0.2, 0.25) is 29.5 Å². The molecule has 0 unspecified atom stereocenters. The van der Waals surface area contributed by atoms with Crippen molar-refractivity contribution in [2.75, 3.05) is 119 Å². The fraction of sp³-hybridized carbons (Fsp3) is 0.250. The SMILES string of the molecule is C=CC(=O)N1CC[C@@H](N(C)c2n[nH]c3nccc(Oc4ccc(Cl)cc4)c23)C1.C=CC(=O)N1CC[C@@H](Nc2n[nH]c3nccc(Oc4ccc(C)cc4)c23)C1.C=CC(=O)N1CC[C@@H](Nc2n[nH]c3nccc(Oc4ccc(Cl)cc4)c23)C1.C=CC(=O)N1CC[C@@H](Nc2n[nH]c3nccc(Oc4ccc(Cl)cc4)c23)C1.CN(C)C/C=C/C(=O)N1CC[C@@H](Nc2n[nH]c3nccc(Oc4ccc(Cl)cc4)c23)C1. The Kier molecular flexibility index (Phi) is 31.7. The van der Waals surface area contributed by atoms with Gasteiger partial charge in [-0.3, -0.25) is 49.5 Å². The molecule has 0 spiro atoms. The molecule has 0 radical (unpaired) electrons. The molecule has 36 nitrogen and oxygen atoms in total. The van der Waals surface area contributed by atoms with Gasteiger partial charge >= 0.3 is 0 Å². The Morgan fingerprint density at radius 3 is 0.907 bits per heavy atom.